The fourth-order valence-electron chi connectivity index (χ4n) is 1.74. The smallest absolute Gasteiger partial charge is 0.122 e. The highest BCUT2D eigenvalue weighted by Gasteiger charge is 2.01. The van der Waals surface area contributed by atoms with Crippen molar-refractivity contribution in [2.75, 3.05) is 27.4 Å². The largest absolute Gasteiger partial charge is 0.497 e. The standard InChI is InChI=1S/C14H23NO3/c1-17-13-8-12(9-14(10-13)18-2)11-15-6-4-3-5-7-16/h8-10,15-16H,3-7,11H2,1-2H3. The lowest BCUT2D eigenvalue weighted by Gasteiger charge is -2.09. The number of hydrogen-bond acceptors (Lipinski definition) is 4. The molecule has 1 rings (SSSR count). The highest BCUT2D eigenvalue weighted by atomic mass is 16.5. The van der Waals surface area contributed by atoms with Crippen LogP contribution in [-0.4, -0.2) is 32.5 Å². The minimum Gasteiger partial charge on any atom is -0.497 e. The second-order valence-electron chi connectivity index (χ2n) is 4.18. The van der Waals surface area contributed by atoms with Crippen molar-refractivity contribution in [3.63, 3.8) is 0 Å². The van der Waals surface area contributed by atoms with Gasteiger partial charge in [-0.3, -0.25) is 0 Å². The predicted octanol–water partition coefficient (Wildman–Crippen LogP) is 1.96. The van der Waals surface area contributed by atoms with Crippen molar-refractivity contribution in [1.82, 2.24) is 5.32 Å². The molecule has 0 bridgehead atoms. The van der Waals surface area contributed by atoms with Crippen LogP contribution in [0, 0.1) is 0 Å². The normalized spacial score (nSPS) is 10.4. The molecule has 0 aliphatic heterocycles. The summed E-state index contributed by atoms with van der Waals surface area (Å²) in [5, 5.41) is 12.0. The van der Waals surface area contributed by atoms with Crippen molar-refractivity contribution in [3.8, 4) is 11.5 Å². The highest BCUT2D eigenvalue weighted by Crippen LogP contribution is 2.22. The average Bonchev–Trinajstić information content (AvgIpc) is 2.42. The Bertz CT molecular complexity index is 320. The van der Waals surface area contributed by atoms with E-state index in [1.807, 2.05) is 18.2 Å². The summed E-state index contributed by atoms with van der Waals surface area (Å²) in [4.78, 5) is 0. The maximum absolute atomic E-state index is 8.67. The zero-order valence-corrected chi connectivity index (χ0v) is 11.2. The first-order valence-electron chi connectivity index (χ1n) is 6.33. The Morgan fingerprint density at radius 1 is 1.00 bits per heavy atom. The van der Waals surface area contributed by atoms with E-state index in [9.17, 15) is 0 Å². The summed E-state index contributed by atoms with van der Waals surface area (Å²) in [6.45, 7) is 2.04. The first-order chi connectivity index (χ1) is 8.80. The lowest BCUT2D eigenvalue weighted by atomic mass is 10.2. The quantitative estimate of drug-likeness (QED) is 0.661. The van der Waals surface area contributed by atoms with Crippen LogP contribution in [0.2, 0.25) is 0 Å². The third-order valence-electron chi connectivity index (χ3n) is 2.75. The predicted molar refractivity (Wildman–Crippen MR) is 72.2 cm³/mol. The van der Waals surface area contributed by atoms with E-state index < -0.39 is 0 Å². The number of aliphatic hydroxyl groups is 1. The van der Waals surface area contributed by atoms with Gasteiger partial charge in [0, 0.05) is 19.2 Å². The lowest BCUT2D eigenvalue weighted by Crippen LogP contribution is -2.14. The number of unbranched alkanes of at least 4 members (excludes halogenated alkanes) is 2. The molecule has 4 heteroatoms. The first kappa shape index (κ1) is 14.8. The number of ether oxygens (including phenoxy) is 2. The van der Waals surface area contributed by atoms with E-state index in [4.69, 9.17) is 14.6 Å². The molecule has 0 radical (unpaired) electrons. The Balaban J connectivity index is 2.36. The molecule has 0 saturated carbocycles. The van der Waals surface area contributed by atoms with Crippen molar-refractivity contribution in [3.05, 3.63) is 23.8 Å². The van der Waals surface area contributed by atoms with Gasteiger partial charge in [-0.25, -0.2) is 0 Å². The lowest BCUT2D eigenvalue weighted by molar-refractivity contribution is 0.283. The second kappa shape index (κ2) is 8.78. The van der Waals surface area contributed by atoms with E-state index in [1.165, 1.54) is 0 Å². The summed E-state index contributed by atoms with van der Waals surface area (Å²) in [5.41, 5.74) is 1.15. The SMILES string of the molecule is COc1cc(CNCCCCCO)cc(OC)c1. The summed E-state index contributed by atoms with van der Waals surface area (Å²) >= 11 is 0. The van der Waals surface area contributed by atoms with Crippen molar-refractivity contribution in [1.29, 1.82) is 0 Å². The Labute approximate surface area is 109 Å². The zero-order valence-electron chi connectivity index (χ0n) is 11.2. The number of hydrogen-bond donors (Lipinski definition) is 2. The van der Waals surface area contributed by atoms with E-state index in [2.05, 4.69) is 5.32 Å². The van der Waals surface area contributed by atoms with Crippen molar-refractivity contribution in [2.24, 2.45) is 0 Å². The van der Waals surface area contributed by atoms with Gasteiger partial charge in [0.2, 0.25) is 0 Å². The topological polar surface area (TPSA) is 50.7 Å². The van der Waals surface area contributed by atoms with Crippen LogP contribution in [0.15, 0.2) is 18.2 Å². The first-order valence-corrected chi connectivity index (χ1v) is 6.33. The number of nitrogens with one attached hydrogen (secondary N) is 1. The molecule has 18 heavy (non-hydrogen) atoms. The molecule has 0 amide bonds. The molecule has 0 heterocycles. The van der Waals surface area contributed by atoms with E-state index in [0.717, 1.165) is 49.4 Å². The third kappa shape index (κ3) is 5.38. The molecule has 0 atom stereocenters. The van der Waals surface area contributed by atoms with Gasteiger partial charge >= 0.3 is 0 Å². The van der Waals surface area contributed by atoms with Crippen molar-refractivity contribution in [2.45, 2.75) is 25.8 Å². The molecule has 0 aromatic heterocycles. The van der Waals surface area contributed by atoms with Gasteiger partial charge in [-0.1, -0.05) is 0 Å². The van der Waals surface area contributed by atoms with Crippen LogP contribution in [0.3, 0.4) is 0 Å². The molecule has 0 saturated heterocycles. The molecular weight excluding hydrogens is 230 g/mol. The third-order valence-corrected chi connectivity index (χ3v) is 2.75. The van der Waals surface area contributed by atoms with Gasteiger partial charge in [-0.15, -0.1) is 0 Å². The van der Waals surface area contributed by atoms with Crippen LogP contribution in [0.25, 0.3) is 0 Å². The average molecular weight is 253 g/mol. The number of methoxy groups -OCH3 is 2. The molecule has 0 spiro atoms. The van der Waals surface area contributed by atoms with Crippen LogP contribution in [0.5, 0.6) is 11.5 Å². The van der Waals surface area contributed by atoms with Crippen LogP contribution in [0.4, 0.5) is 0 Å². The van der Waals surface area contributed by atoms with Gasteiger partial charge in [0.15, 0.2) is 0 Å². The van der Waals surface area contributed by atoms with E-state index >= 15 is 0 Å². The Kier molecular flexibility index (Phi) is 7.22. The minimum atomic E-state index is 0.285. The maximum atomic E-state index is 8.67. The second-order valence-corrected chi connectivity index (χ2v) is 4.18. The van der Waals surface area contributed by atoms with E-state index in [-0.39, 0.29) is 6.61 Å². The Hall–Kier alpha value is -1.26. The summed E-state index contributed by atoms with van der Waals surface area (Å²) in [5.74, 6) is 1.62. The molecule has 1 aromatic rings. The number of benzene rings is 1. The highest BCUT2D eigenvalue weighted by molar-refractivity contribution is 5.38. The van der Waals surface area contributed by atoms with Crippen LogP contribution >= 0.6 is 0 Å². The number of aliphatic hydroxyl groups excluding tert-OH is 1. The molecule has 0 fully saturated rings. The molecular formula is C14H23NO3. The molecule has 0 aliphatic carbocycles. The molecule has 102 valence electrons. The van der Waals surface area contributed by atoms with Gasteiger partial charge in [-0.2, -0.15) is 0 Å². The Morgan fingerprint density at radius 3 is 2.22 bits per heavy atom. The Morgan fingerprint density at radius 2 is 1.67 bits per heavy atom. The fraction of sp³-hybridized carbons (Fsp3) is 0.571. The van der Waals surface area contributed by atoms with E-state index in [0.29, 0.717) is 0 Å². The van der Waals surface area contributed by atoms with Gasteiger partial charge in [0.25, 0.3) is 0 Å². The van der Waals surface area contributed by atoms with Gasteiger partial charge in [0.05, 0.1) is 14.2 Å². The van der Waals surface area contributed by atoms with Crippen molar-refractivity contribution < 1.29 is 14.6 Å². The summed E-state index contributed by atoms with van der Waals surface area (Å²) in [7, 11) is 3.31. The molecule has 0 aliphatic rings. The monoisotopic (exact) mass is 253 g/mol. The zero-order chi connectivity index (χ0) is 13.2. The fourth-order valence-corrected chi connectivity index (χ4v) is 1.74. The molecule has 4 nitrogen and oxygen atoms in total. The number of rotatable bonds is 9. The molecule has 0 unspecified atom stereocenters. The summed E-state index contributed by atoms with van der Waals surface area (Å²) < 4.78 is 10.4. The van der Waals surface area contributed by atoms with Gasteiger partial charge < -0.3 is 19.9 Å². The molecule has 2 N–H and O–H groups in total. The maximum Gasteiger partial charge on any atom is 0.122 e. The van der Waals surface area contributed by atoms with Gasteiger partial charge in [-0.05, 0) is 43.5 Å². The summed E-state index contributed by atoms with van der Waals surface area (Å²) in [6, 6.07) is 5.87. The van der Waals surface area contributed by atoms with Crippen LogP contribution < -0.4 is 14.8 Å². The van der Waals surface area contributed by atoms with Crippen LogP contribution in [-0.2, 0) is 6.54 Å². The summed E-state index contributed by atoms with van der Waals surface area (Å²) in [6.07, 6.45) is 3.03. The van der Waals surface area contributed by atoms with Gasteiger partial charge in [0.1, 0.15) is 11.5 Å². The minimum absolute atomic E-state index is 0.285. The molecule has 1 aromatic carbocycles. The van der Waals surface area contributed by atoms with Crippen molar-refractivity contribution >= 4 is 0 Å². The van der Waals surface area contributed by atoms with E-state index in [1.54, 1.807) is 14.2 Å². The van der Waals surface area contributed by atoms with Crippen LogP contribution in [0.1, 0.15) is 24.8 Å².